The highest BCUT2D eigenvalue weighted by Gasteiger charge is 2.12. The second-order valence-corrected chi connectivity index (χ2v) is 5.82. The number of rotatable bonds is 2. The molecule has 88 valence electrons. The lowest BCUT2D eigenvalue weighted by Crippen LogP contribution is -2.14. The molecule has 0 saturated carbocycles. The van der Waals surface area contributed by atoms with Gasteiger partial charge < -0.3 is 5.73 Å². The van der Waals surface area contributed by atoms with Crippen LogP contribution in [0.5, 0.6) is 0 Å². The topological polar surface area (TPSA) is 80.9 Å². The monoisotopic (exact) mass is 332 g/mol. The van der Waals surface area contributed by atoms with Crippen LogP contribution < -0.4 is 11.1 Å². The van der Waals surface area contributed by atoms with E-state index in [0.29, 0.717) is 5.13 Å². The molecule has 0 radical (unpaired) electrons. The average molecular weight is 334 g/mol. The summed E-state index contributed by atoms with van der Waals surface area (Å²) in [5.41, 5.74) is 6.18. The third kappa shape index (κ3) is 2.93. The van der Waals surface area contributed by atoms with Crippen LogP contribution in [0.3, 0.4) is 0 Å². The fourth-order valence-electron chi connectivity index (χ4n) is 1.11. The number of anilines is 2. The summed E-state index contributed by atoms with van der Waals surface area (Å²) in [5, 5.41) is 3.31. The lowest BCUT2D eigenvalue weighted by Gasteiger charge is -2.04. The minimum atomic E-state index is -0.367. The summed E-state index contributed by atoms with van der Waals surface area (Å²) in [5.74, 6) is -0.367. The quantitative estimate of drug-likeness (QED) is 0.828. The number of carbonyl (C=O) groups is 1. The van der Waals surface area contributed by atoms with Crippen LogP contribution in [0, 0.1) is 0 Å². The molecule has 2 rings (SSSR count). The first kappa shape index (κ1) is 12.3. The van der Waals surface area contributed by atoms with E-state index in [9.17, 15) is 4.79 Å². The first-order valence-corrected chi connectivity index (χ1v) is 6.38. The number of halogens is 2. The van der Waals surface area contributed by atoms with Crippen LogP contribution in [-0.4, -0.2) is 15.9 Å². The van der Waals surface area contributed by atoms with Gasteiger partial charge in [0.15, 0.2) is 5.13 Å². The van der Waals surface area contributed by atoms with Crippen molar-refractivity contribution in [3.63, 3.8) is 0 Å². The molecule has 8 heteroatoms. The van der Waals surface area contributed by atoms with E-state index in [0.717, 1.165) is 3.79 Å². The SMILES string of the molecule is Nc1cnc(Cl)cc1C(=O)Nc1ncc(Br)s1. The highest BCUT2D eigenvalue weighted by atomic mass is 79.9. The van der Waals surface area contributed by atoms with Crippen molar-refractivity contribution in [3.8, 4) is 0 Å². The van der Waals surface area contributed by atoms with Gasteiger partial charge in [-0.3, -0.25) is 10.1 Å². The summed E-state index contributed by atoms with van der Waals surface area (Å²) in [4.78, 5) is 19.6. The van der Waals surface area contributed by atoms with E-state index < -0.39 is 0 Å². The second-order valence-electron chi connectivity index (χ2n) is 3.02. The van der Waals surface area contributed by atoms with Crippen molar-refractivity contribution in [2.45, 2.75) is 0 Å². The average Bonchev–Trinajstić information content (AvgIpc) is 2.67. The Morgan fingerprint density at radius 1 is 1.47 bits per heavy atom. The molecule has 0 unspecified atom stereocenters. The highest BCUT2D eigenvalue weighted by Crippen LogP contribution is 2.24. The van der Waals surface area contributed by atoms with Gasteiger partial charge in [0.05, 0.1) is 27.4 Å². The molecule has 0 atom stereocenters. The Hall–Kier alpha value is -1.18. The Morgan fingerprint density at radius 2 is 2.24 bits per heavy atom. The molecule has 5 nitrogen and oxygen atoms in total. The first-order valence-electron chi connectivity index (χ1n) is 4.40. The fourth-order valence-corrected chi connectivity index (χ4v) is 2.37. The Kier molecular flexibility index (Phi) is 3.60. The minimum Gasteiger partial charge on any atom is -0.397 e. The molecule has 0 aliphatic rings. The first-order chi connectivity index (χ1) is 8.06. The standard InChI is InChI=1S/C9H6BrClN4OS/c10-6-3-14-9(17-6)15-8(16)4-1-7(11)13-2-5(4)12/h1-3H,12H2,(H,14,15,16). The van der Waals surface area contributed by atoms with Crippen molar-refractivity contribution in [2.24, 2.45) is 0 Å². The van der Waals surface area contributed by atoms with Gasteiger partial charge in [0.1, 0.15) is 5.15 Å². The Balaban J connectivity index is 2.22. The molecule has 0 aromatic carbocycles. The molecule has 17 heavy (non-hydrogen) atoms. The van der Waals surface area contributed by atoms with Gasteiger partial charge in [0, 0.05) is 0 Å². The lowest BCUT2D eigenvalue weighted by molar-refractivity contribution is 0.102. The molecule has 2 heterocycles. The molecule has 3 N–H and O–H groups in total. The molecule has 0 aliphatic heterocycles. The van der Waals surface area contributed by atoms with Gasteiger partial charge in [0.25, 0.3) is 5.91 Å². The molecular formula is C9H6BrClN4OS. The van der Waals surface area contributed by atoms with E-state index in [-0.39, 0.29) is 22.3 Å². The number of hydrogen-bond acceptors (Lipinski definition) is 5. The number of thiazole rings is 1. The van der Waals surface area contributed by atoms with Crippen LogP contribution in [0.2, 0.25) is 5.15 Å². The number of nitrogen functional groups attached to an aromatic ring is 1. The molecule has 1 amide bonds. The van der Waals surface area contributed by atoms with Crippen molar-refractivity contribution >= 4 is 55.6 Å². The van der Waals surface area contributed by atoms with E-state index in [1.807, 2.05) is 0 Å². The van der Waals surface area contributed by atoms with Crippen LogP contribution >= 0.6 is 38.9 Å². The summed E-state index contributed by atoms with van der Waals surface area (Å²) < 4.78 is 0.827. The van der Waals surface area contributed by atoms with Crippen molar-refractivity contribution < 1.29 is 4.79 Å². The molecule has 0 saturated heterocycles. The van der Waals surface area contributed by atoms with E-state index in [1.165, 1.54) is 23.6 Å². The predicted octanol–water partition coefficient (Wildman–Crippen LogP) is 2.79. The number of carbonyl (C=O) groups excluding carboxylic acids is 1. The van der Waals surface area contributed by atoms with E-state index in [1.54, 1.807) is 6.20 Å². The maximum atomic E-state index is 11.9. The molecule has 0 spiro atoms. The molecular weight excluding hydrogens is 328 g/mol. The number of nitrogens with two attached hydrogens (primary N) is 1. The largest absolute Gasteiger partial charge is 0.397 e. The molecule has 0 aliphatic carbocycles. The van der Waals surface area contributed by atoms with Crippen LogP contribution in [-0.2, 0) is 0 Å². The smallest absolute Gasteiger partial charge is 0.259 e. The van der Waals surface area contributed by atoms with Gasteiger partial charge in [-0.1, -0.05) is 22.9 Å². The van der Waals surface area contributed by atoms with Crippen molar-refractivity contribution in [2.75, 3.05) is 11.1 Å². The number of nitrogens with one attached hydrogen (secondary N) is 1. The van der Waals surface area contributed by atoms with Crippen molar-refractivity contribution in [1.82, 2.24) is 9.97 Å². The maximum absolute atomic E-state index is 11.9. The van der Waals surface area contributed by atoms with Gasteiger partial charge in [-0.05, 0) is 22.0 Å². The molecule has 2 aromatic heterocycles. The number of hydrogen-bond donors (Lipinski definition) is 2. The predicted molar refractivity (Wildman–Crippen MR) is 71.4 cm³/mol. The number of pyridine rings is 1. The van der Waals surface area contributed by atoms with Gasteiger partial charge in [-0.25, -0.2) is 9.97 Å². The lowest BCUT2D eigenvalue weighted by atomic mass is 10.2. The van der Waals surface area contributed by atoms with Gasteiger partial charge in [-0.2, -0.15) is 0 Å². The maximum Gasteiger partial charge on any atom is 0.259 e. The minimum absolute atomic E-state index is 0.213. The van der Waals surface area contributed by atoms with E-state index in [4.69, 9.17) is 17.3 Å². The van der Waals surface area contributed by atoms with E-state index >= 15 is 0 Å². The highest BCUT2D eigenvalue weighted by molar-refractivity contribution is 9.11. The normalized spacial score (nSPS) is 10.2. The van der Waals surface area contributed by atoms with Crippen LogP contribution in [0.25, 0.3) is 0 Å². The summed E-state index contributed by atoms with van der Waals surface area (Å²) in [7, 11) is 0. The van der Waals surface area contributed by atoms with Crippen molar-refractivity contribution in [3.05, 3.63) is 33.0 Å². The number of aromatic nitrogens is 2. The van der Waals surface area contributed by atoms with Gasteiger partial charge in [0.2, 0.25) is 0 Å². The zero-order chi connectivity index (χ0) is 12.4. The third-order valence-electron chi connectivity index (χ3n) is 1.84. The van der Waals surface area contributed by atoms with Crippen molar-refractivity contribution in [1.29, 1.82) is 0 Å². The third-order valence-corrected chi connectivity index (χ3v) is 3.44. The Bertz CT molecular complexity index is 574. The zero-order valence-electron chi connectivity index (χ0n) is 8.28. The summed E-state index contributed by atoms with van der Waals surface area (Å²) in [6, 6.07) is 1.41. The second kappa shape index (κ2) is 4.99. The van der Waals surface area contributed by atoms with Crippen LogP contribution in [0.1, 0.15) is 10.4 Å². The summed E-state index contributed by atoms with van der Waals surface area (Å²) in [6.07, 6.45) is 2.94. The Labute approximate surface area is 114 Å². The van der Waals surface area contributed by atoms with E-state index in [2.05, 4.69) is 31.2 Å². The van der Waals surface area contributed by atoms with Crippen LogP contribution in [0.4, 0.5) is 10.8 Å². The number of amides is 1. The summed E-state index contributed by atoms with van der Waals surface area (Å²) in [6.45, 7) is 0. The zero-order valence-corrected chi connectivity index (χ0v) is 11.4. The molecule has 2 aromatic rings. The number of nitrogens with zero attached hydrogens (tertiary/aromatic N) is 2. The fraction of sp³-hybridized carbons (Fsp3) is 0. The molecule has 0 bridgehead atoms. The van der Waals surface area contributed by atoms with Crippen LogP contribution in [0.15, 0.2) is 22.2 Å². The Morgan fingerprint density at radius 3 is 2.88 bits per heavy atom. The van der Waals surface area contributed by atoms with Gasteiger partial charge in [-0.15, -0.1) is 0 Å². The summed E-state index contributed by atoms with van der Waals surface area (Å²) >= 11 is 10.3. The molecule has 0 fully saturated rings. The van der Waals surface area contributed by atoms with Gasteiger partial charge >= 0.3 is 0 Å².